The molecule has 5 aromatic carbocycles. The summed E-state index contributed by atoms with van der Waals surface area (Å²) in [5.41, 5.74) is 23.9. The summed E-state index contributed by atoms with van der Waals surface area (Å²) in [4.78, 5) is 0. The smallest absolute Gasteiger partial charge is 0.0210 e. The Labute approximate surface area is 326 Å². The molecule has 0 saturated carbocycles. The predicted octanol–water partition coefficient (Wildman–Crippen LogP) is 15.1. The minimum Gasteiger partial charge on any atom is -0.0991 e. The second kappa shape index (κ2) is 16.0. The van der Waals surface area contributed by atoms with E-state index in [1.807, 2.05) is 12.2 Å². The first-order chi connectivity index (χ1) is 26.1. The van der Waals surface area contributed by atoms with Crippen LogP contribution in [0.4, 0.5) is 0 Å². The van der Waals surface area contributed by atoms with Crippen LogP contribution in [0.15, 0.2) is 129 Å². The van der Waals surface area contributed by atoms with E-state index in [2.05, 4.69) is 172 Å². The minimum absolute atomic E-state index is 0.0855. The summed E-state index contributed by atoms with van der Waals surface area (Å²) in [5.74, 6) is 0.253. The van der Waals surface area contributed by atoms with Crippen LogP contribution in [0, 0.1) is 20.8 Å². The molecular formula is C54H58. The van der Waals surface area contributed by atoms with Crippen molar-refractivity contribution < 1.29 is 0 Å². The molecule has 5 aromatic rings. The number of aryl methyl sites for hydroxylation is 3. The number of allylic oxidation sites excluding steroid dienone is 4. The predicted molar refractivity (Wildman–Crippen MR) is 239 cm³/mol. The summed E-state index contributed by atoms with van der Waals surface area (Å²) in [5, 5.41) is 0. The van der Waals surface area contributed by atoms with Gasteiger partial charge in [-0.25, -0.2) is 0 Å². The summed E-state index contributed by atoms with van der Waals surface area (Å²) in [6, 6.07) is 30.2. The van der Waals surface area contributed by atoms with Crippen molar-refractivity contribution in [1.82, 2.24) is 0 Å². The molecule has 0 saturated heterocycles. The molecule has 6 rings (SSSR count). The van der Waals surface area contributed by atoms with Gasteiger partial charge < -0.3 is 0 Å². The molecule has 0 nitrogen and oxygen atoms in total. The maximum Gasteiger partial charge on any atom is 0.0210 e. The van der Waals surface area contributed by atoms with Gasteiger partial charge >= 0.3 is 0 Å². The molecule has 0 bridgehead atoms. The van der Waals surface area contributed by atoms with E-state index in [0.29, 0.717) is 0 Å². The maximum atomic E-state index is 4.43. The van der Waals surface area contributed by atoms with E-state index in [-0.39, 0.29) is 11.3 Å². The molecule has 0 spiro atoms. The summed E-state index contributed by atoms with van der Waals surface area (Å²) in [6.07, 6.45) is 14.8. The molecule has 274 valence electrons. The highest BCUT2D eigenvalue weighted by Crippen LogP contribution is 2.56. The van der Waals surface area contributed by atoms with Gasteiger partial charge in [0.25, 0.3) is 0 Å². The van der Waals surface area contributed by atoms with E-state index in [1.54, 1.807) is 0 Å². The van der Waals surface area contributed by atoms with Gasteiger partial charge in [-0.15, -0.1) is 0 Å². The van der Waals surface area contributed by atoms with Gasteiger partial charge in [0, 0.05) is 5.41 Å². The average molecular weight is 707 g/mol. The van der Waals surface area contributed by atoms with Gasteiger partial charge in [-0.3, -0.25) is 0 Å². The zero-order valence-corrected chi connectivity index (χ0v) is 33.8. The second-order valence-corrected chi connectivity index (χ2v) is 15.4. The van der Waals surface area contributed by atoms with Gasteiger partial charge in [0.15, 0.2) is 0 Å². The first-order valence-electron chi connectivity index (χ1n) is 19.9. The Bertz CT molecular complexity index is 2270. The standard InChI is InChI=1S/C54H58/c1-12-22-39(13-2)32-41-24-21-26-47(43(41)14-3)46-25-20-19-23-40(46)31-36(9)49-34-51-53(45(16-5)44(49)15-4)48-28-27-42(33-50(48)54(51,17-6)18-7)52-37(10)29-35(8)30-38(52)11/h12-13,15-16,19-30,33-34,36H,1-2,4-5,14,17-18,31-32H2,3,6-11H3/b39-22+. The molecule has 1 atom stereocenters. The van der Waals surface area contributed by atoms with Crippen LogP contribution in [0.5, 0.6) is 0 Å². The van der Waals surface area contributed by atoms with Gasteiger partial charge in [0.2, 0.25) is 0 Å². The van der Waals surface area contributed by atoms with Crippen LogP contribution < -0.4 is 0 Å². The SMILES string of the molecule is C=C/C=C(\C=C)Cc1cccc(-c2ccccc2CC(C)c2cc3c(c(C=C)c2C=C)-c2ccc(-c4c(C)cc(C)cc4C)cc2C3(CC)CC)c1CC. The molecule has 0 N–H and O–H groups in total. The fourth-order valence-corrected chi connectivity index (χ4v) is 9.80. The van der Waals surface area contributed by atoms with Crippen molar-refractivity contribution in [2.75, 3.05) is 0 Å². The quantitative estimate of drug-likeness (QED) is 0.101. The Morgan fingerprint density at radius 1 is 0.685 bits per heavy atom. The van der Waals surface area contributed by atoms with E-state index in [0.717, 1.165) is 32.1 Å². The largest absolute Gasteiger partial charge is 0.0991 e. The maximum absolute atomic E-state index is 4.43. The summed E-state index contributed by atoms with van der Waals surface area (Å²) in [6.45, 7) is 32.9. The van der Waals surface area contributed by atoms with E-state index < -0.39 is 0 Å². The average Bonchev–Trinajstić information content (AvgIpc) is 3.45. The third-order valence-electron chi connectivity index (χ3n) is 12.3. The van der Waals surface area contributed by atoms with Crippen LogP contribution in [-0.2, 0) is 24.7 Å². The normalized spacial score (nSPS) is 13.6. The molecule has 1 unspecified atom stereocenters. The summed E-state index contributed by atoms with van der Waals surface area (Å²) >= 11 is 0. The van der Waals surface area contributed by atoms with E-state index in [1.165, 1.54) is 100 Å². The van der Waals surface area contributed by atoms with Crippen molar-refractivity contribution in [1.29, 1.82) is 0 Å². The van der Waals surface area contributed by atoms with Gasteiger partial charge in [-0.1, -0.05) is 163 Å². The van der Waals surface area contributed by atoms with E-state index >= 15 is 0 Å². The first kappa shape index (κ1) is 38.5. The van der Waals surface area contributed by atoms with Crippen LogP contribution in [0.25, 0.3) is 45.5 Å². The highest BCUT2D eigenvalue weighted by molar-refractivity contribution is 5.93. The fraction of sp³-hybridized carbons (Fsp3) is 0.259. The first-order valence-corrected chi connectivity index (χ1v) is 19.9. The van der Waals surface area contributed by atoms with Crippen LogP contribution in [0.2, 0.25) is 0 Å². The second-order valence-electron chi connectivity index (χ2n) is 15.4. The molecular weight excluding hydrogens is 649 g/mol. The molecule has 1 aliphatic carbocycles. The lowest BCUT2D eigenvalue weighted by molar-refractivity contribution is 0.489. The zero-order valence-electron chi connectivity index (χ0n) is 33.8. The highest BCUT2D eigenvalue weighted by Gasteiger charge is 2.43. The lowest BCUT2D eigenvalue weighted by Crippen LogP contribution is -2.24. The Hall–Kier alpha value is -5.20. The van der Waals surface area contributed by atoms with Crippen LogP contribution >= 0.6 is 0 Å². The van der Waals surface area contributed by atoms with Crippen molar-refractivity contribution >= 4 is 12.2 Å². The third-order valence-corrected chi connectivity index (χ3v) is 12.3. The number of rotatable bonds is 14. The molecule has 0 fully saturated rings. The Kier molecular flexibility index (Phi) is 11.4. The summed E-state index contributed by atoms with van der Waals surface area (Å²) < 4.78 is 0. The fourth-order valence-electron chi connectivity index (χ4n) is 9.80. The molecule has 1 aliphatic rings. The van der Waals surface area contributed by atoms with Crippen molar-refractivity contribution in [3.8, 4) is 33.4 Å². The molecule has 0 amide bonds. The number of fused-ring (bicyclic) bond motifs is 3. The lowest BCUT2D eigenvalue weighted by Gasteiger charge is -2.32. The topological polar surface area (TPSA) is 0 Å². The molecule has 54 heavy (non-hydrogen) atoms. The number of hydrogen-bond acceptors (Lipinski definition) is 0. The van der Waals surface area contributed by atoms with Crippen molar-refractivity contribution in [3.63, 3.8) is 0 Å². The van der Waals surface area contributed by atoms with Gasteiger partial charge in [0.05, 0.1) is 0 Å². The number of hydrogen-bond donors (Lipinski definition) is 0. The van der Waals surface area contributed by atoms with Crippen LogP contribution in [0.3, 0.4) is 0 Å². The molecule has 0 heteroatoms. The molecule has 0 aliphatic heterocycles. The summed E-state index contributed by atoms with van der Waals surface area (Å²) in [7, 11) is 0. The van der Waals surface area contributed by atoms with Crippen LogP contribution in [0.1, 0.15) is 108 Å². The van der Waals surface area contributed by atoms with Crippen molar-refractivity contribution in [2.24, 2.45) is 0 Å². The minimum atomic E-state index is -0.0855. The highest BCUT2D eigenvalue weighted by atomic mass is 14.5. The Morgan fingerprint density at radius 2 is 1.35 bits per heavy atom. The van der Waals surface area contributed by atoms with Crippen molar-refractivity contribution in [2.45, 2.75) is 91.9 Å². The Morgan fingerprint density at radius 3 is 1.98 bits per heavy atom. The monoisotopic (exact) mass is 706 g/mol. The van der Waals surface area contributed by atoms with E-state index in [4.69, 9.17) is 0 Å². The molecule has 0 aromatic heterocycles. The zero-order chi connectivity index (χ0) is 38.7. The van der Waals surface area contributed by atoms with Gasteiger partial charge in [-0.05, 0) is 159 Å². The Balaban J connectivity index is 1.47. The molecule has 0 radical (unpaired) electrons. The molecule has 0 heterocycles. The third kappa shape index (κ3) is 6.62. The van der Waals surface area contributed by atoms with Gasteiger partial charge in [0.1, 0.15) is 0 Å². The van der Waals surface area contributed by atoms with Crippen molar-refractivity contribution in [3.05, 3.63) is 190 Å². The number of benzene rings is 5. The van der Waals surface area contributed by atoms with E-state index in [9.17, 15) is 0 Å². The van der Waals surface area contributed by atoms with Gasteiger partial charge in [-0.2, -0.15) is 0 Å². The van der Waals surface area contributed by atoms with Crippen LogP contribution in [-0.4, -0.2) is 0 Å². The lowest BCUT2D eigenvalue weighted by atomic mass is 9.71.